The van der Waals surface area contributed by atoms with Gasteiger partial charge >= 0.3 is 6.09 Å². The van der Waals surface area contributed by atoms with Gasteiger partial charge in [0.15, 0.2) is 0 Å². The van der Waals surface area contributed by atoms with E-state index in [-0.39, 0.29) is 12.2 Å². The molecule has 0 aliphatic heterocycles. The number of phenols is 1. The van der Waals surface area contributed by atoms with Crippen molar-refractivity contribution >= 4 is 23.6 Å². The number of anilines is 1. The SMILES string of the molecule is COc1ccc(NC(=O)C(c2c(C)cccc2C)N(C)C(=O)C(Cc2ccc(O)cc2)NC(=O)OC(C)(C)C)cc1. The van der Waals surface area contributed by atoms with Crippen LogP contribution in [0, 0.1) is 13.8 Å². The summed E-state index contributed by atoms with van der Waals surface area (Å²) in [5.41, 5.74) is 2.85. The van der Waals surface area contributed by atoms with Crippen LogP contribution in [0.5, 0.6) is 11.5 Å². The summed E-state index contributed by atoms with van der Waals surface area (Å²) in [5, 5.41) is 15.3. The Morgan fingerprint density at radius 3 is 2.05 bits per heavy atom. The van der Waals surface area contributed by atoms with Crippen molar-refractivity contribution in [2.24, 2.45) is 0 Å². The van der Waals surface area contributed by atoms with E-state index in [9.17, 15) is 19.5 Å². The molecule has 3 aromatic carbocycles. The highest BCUT2D eigenvalue weighted by atomic mass is 16.6. The van der Waals surface area contributed by atoms with Crippen LogP contribution in [0.1, 0.15) is 49.1 Å². The fourth-order valence-electron chi connectivity index (χ4n) is 4.53. The van der Waals surface area contributed by atoms with Crippen LogP contribution < -0.4 is 15.4 Å². The van der Waals surface area contributed by atoms with Gasteiger partial charge in [-0.2, -0.15) is 0 Å². The molecule has 0 saturated heterocycles. The molecule has 0 spiro atoms. The molecule has 9 heteroatoms. The minimum absolute atomic E-state index is 0.0825. The molecule has 41 heavy (non-hydrogen) atoms. The number of rotatable bonds is 9. The van der Waals surface area contributed by atoms with Gasteiger partial charge in [0.05, 0.1) is 7.11 Å². The molecule has 0 bridgehead atoms. The van der Waals surface area contributed by atoms with Gasteiger partial charge in [0, 0.05) is 19.2 Å². The van der Waals surface area contributed by atoms with E-state index in [1.165, 1.54) is 17.0 Å². The average molecular weight is 562 g/mol. The number of aryl methyl sites for hydroxylation is 2. The van der Waals surface area contributed by atoms with E-state index in [4.69, 9.17) is 9.47 Å². The highest BCUT2D eigenvalue weighted by Gasteiger charge is 2.35. The summed E-state index contributed by atoms with van der Waals surface area (Å²) < 4.78 is 10.6. The molecule has 2 unspecified atom stereocenters. The zero-order chi connectivity index (χ0) is 30.3. The van der Waals surface area contributed by atoms with Crippen molar-refractivity contribution in [1.29, 1.82) is 0 Å². The summed E-state index contributed by atoms with van der Waals surface area (Å²) in [4.78, 5) is 42.1. The average Bonchev–Trinajstić information content (AvgIpc) is 2.90. The first kappa shape index (κ1) is 31.0. The zero-order valence-electron chi connectivity index (χ0n) is 24.6. The Bertz CT molecular complexity index is 1340. The van der Waals surface area contributed by atoms with E-state index < -0.39 is 35.6 Å². The quantitative estimate of drug-likeness (QED) is 0.327. The third-order valence-corrected chi connectivity index (χ3v) is 6.52. The van der Waals surface area contributed by atoms with Crippen LogP contribution >= 0.6 is 0 Å². The van der Waals surface area contributed by atoms with Crippen molar-refractivity contribution in [3.63, 3.8) is 0 Å². The van der Waals surface area contributed by atoms with E-state index in [1.807, 2.05) is 32.0 Å². The van der Waals surface area contributed by atoms with Gasteiger partial charge in [-0.1, -0.05) is 30.3 Å². The largest absolute Gasteiger partial charge is 0.508 e. The first-order chi connectivity index (χ1) is 19.3. The summed E-state index contributed by atoms with van der Waals surface area (Å²) in [6.07, 6.45) is -0.642. The van der Waals surface area contributed by atoms with Crippen LogP contribution in [0.3, 0.4) is 0 Å². The van der Waals surface area contributed by atoms with Gasteiger partial charge in [-0.25, -0.2) is 4.79 Å². The molecular formula is C32H39N3O6. The number of nitrogens with one attached hydrogen (secondary N) is 2. The zero-order valence-corrected chi connectivity index (χ0v) is 24.6. The number of likely N-dealkylation sites (N-methyl/N-ethyl adjacent to an activating group) is 1. The van der Waals surface area contributed by atoms with Gasteiger partial charge in [0.25, 0.3) is 5.91 Å². The monoisotopic (exact) mass is 561 g/mol. The third-order valence-electron chi connectivity index (χ3n) is 6.52. The lowest BCUT2D eigenvalue weighted by atomic mass is 9.93. The molecule has 2 atom stereocenters. The van der Waals surface area contributed by atoms with Gasteiger partial charge in [-0.05, 0) is 93.3 Å². The number of hydrogen-bond acceptors (Lipinski definition) is 6. The molecular weight excluding hydrogens is 522 g/mol. The smallest absolute Gasteiger partial charge is 0.408 e. The molecule has 0 aliphatic rings. The fourth-order valence-corrected chi connectivity index (χ4v) is 4.53. The van der Waals surface area contributed by atoms with E-state index in [0.717, 1.165) is 11.1 Å². The van der Waals surface area contributed by atoms with Crippen LogP contribution in [0.4, 0.5) is 10.5 Å². The Labute approximate surface area is 241 Å². The molecule has 0 aromatic heterocycles. The van der Waals surface area contributed by atoms with Crippen LogP contribution in [0.2, 0.25) is 0 Å². The minimum atomic E-state index is -1.06. The van der Waals surface area contributed by atoms with Crippen molar-refractivity contribution < 1.29 is 29.0 Å². The maximum atomic E-state index is 14.1. The molecule has 0 heterocycles. The molecule has 3 N–H and O–H groups in total. The number of amides is 3. The van der Waals surface area contributed by atoms with Gasteiger partial charge in [0.2, 0.25) is 5.91 Å². The maximum absolute atomic E-state index is 14.1. The second kappa shape index (κ2) is 13.2. The molecule has 0 fully saturated rings. The molecule has 0 radical (unpaired) electrons. The van der Waals surface area contributed by atoms with E-state index in [1.54, 1.807) is 71.3 Å². The number of carbonyl (C=O) groups excluding carboxylic acids is 3. The second-order valence-electron chi connectivity index (χ2n) is 10.9. The summed E-state index contributed by atoms with van der Waals surface area (Å²) in [6, 6.07) is 16.9. The van der Waals surface area contributed by atoms with Crippen LogP contribution in [-0.4, -0.2) is 53.7 Å². The minimum Gasteiger partial charge on any atom is -0.508 e. The summed E-state index contributed by atoms with van der Waals surface area (Å²) in [7, 11) is 3.11. The Kier molecular flexibility index (Phi) is 9.99. The van der Waals surface area contributed by atoms with Gasteiger partial charge < -0.3 is 30.1 Å². The Hall–Kier alpha value is -4.53. The third kappa shape index (κ3) is 8.48. The molecule has 3 rings (SSSR count). The van der Waals surface area contributed by atoms with Crippen molar-refractivity contribution in [1.82, 2.24) is 10.2 Å². The first-order valence-corrected chi connectivity index (χ1v) is 13.3. The number of methoxy groups -OCH3 is 1. The summed E-state index contributed by atoms with van der Waals surface area (Å²) >= 11 is 0. The number of aromatic hydroxyl groups is 1. The van der Waals surface area contributed by atoms with E-state index in [0.29, 0.717) is 22.6 Å². The van der Waals surface area contributed by atoms with Gasteiger partial charge in [0.1, 0.15) is 29.2 Å². The van der Waals surface area contributed by atoms with Crippen LogP contribution in [-0.2, 0) is 20.7 Å². The van der Waals surface area contributed by atoms with Gasteiger partial charge in [-0.15, -0.1) is 0 Å². The predicted molar refractivity (Wildman–Crippen MR) is 158 cm³/mol. The molecule has 3 amide bonds. The number of benzene rings is 3. The molecule has 3 aromatic rings. The van der Waals surface area contributed by atoms with E-state index in [2.05, 4.69) is 10.6 Å². The summed E-state index contributed by atoms with van der Waals surface area (Å²) in [5.74, 6) is -0.170. The maximum Gasteiger partial charge on any atom is 0.408 e. The lowest BCUT2D eigenvalue weighted by Crippen LogP contribution is -2.52. The number of phenolic OH excluding ortho intramolecular Hbond substituents is 1. The van der Waals surface area contributed by atoms with Gasteiger partial charge in [-0.3, -0.25) is 9.59 Å². The topological polar surface area (TPSA) is 117 Å². The number of hydrogen-bond donors (Lipinski definition) is 3. The normalized spacial score (nSPS) is 12.6. The first-order valence-electron chi connectivity index (χ1n) is 13.3. The Morgan fingerprint density at radius 2 is 1.51 bits per heavy atom. The molecule has 0 aliphatic carbocycles. The molecule has 0 saturated carbocycles. The van der Waals surface area contributed by atoms with Crippen LogP contribution in [0.25, 0.3) is 0 Å². The lowest BCUT2D eigenvalue weighted by Gasteiger charge is -2.33. The Balaban J connectivity index is 1.99. The Morgan fingerprint density at radius 1 is 0.927 bits per heavy atom. The van der Waals surface area contributed by atoms with Crippen molar-refractivity contribution in [2.45, 2.75) is 58.7 Å². The number of nitrogens with zero attached hydrogens (tertiary/aromatic N) is 1. The predicted octanol–water partition coefficient (Wildman–Crippen LogP) is 5.29. The standard InChI is InChI=1S/C32H39N3O6/c1-20-9-8-10-21(2)27(20)28(29(37)33-23-13-17-25(40-7)18-14-23)35(6)30(38)26(34-31(39)41-32(3,4)5)19-22-11-15-24(36)16-12-22/h8-18,26,28,36H,19H2,1-7H3,(H,33,37)(H,34,39). The van der Waals surface area contributed by atoms with Crippen molar-refractivity contribution in [3.05, 3.63) is 89.0 Å². The number of alkyl carbamates (subject to hydrolysis) is 1. The highest BCUT2D eigenvalue weighted by Crippen LogP contribution is 2.29. The van der Waals surface area contributed by atoms with Crippen LogP contribution in [0.15, 0.2) is 66.7 Å². The summed E-state index contributed by atoms with van der Waals surface area (Å²) in [6.45, 7) is 8.98. The van der Waals surface area contributed by atoms with Crippen molar-refractivity contribution in [3.8, 4) is 11.5 Å². The second-order valence-corrected chi connectivity index (χ2v) is 10.9. The number of carbonyl (C=O) groups is 3. The highest BCUT2D eigenvalue weighted by molar-refractivity contribution is 5.99. The van der Waals surface area contributed by atoms with Crippen molar-refractivity contribution in [2.75, 3.05) is 19.5 Å². The molecule has 218 valence electrons. The number of ether oxygens (including phenoxy) is 2. The van der Waals surface area contributed by atoms with E-state index >= 15 is 0 Å². The fraction of sp³-hybridized carbons (Fsp3) is 0.344. The molecule has 9 nitrogen and oxygen atoms in total. The lowest BCUT2D eigenvalue weighted by molar-refractivity contribution is -0.139.